The van der Waals surface area contributed by atoms with Gasteiger partial charge in [0, 0.05) is 12.1 Å². The molecule has 1 fully saturated rings. The first-order chi connectivity index (χ1) is 9.65. The van der Waals surface area contributed by atoms with Gasteiger partial charge in [0.15, 0.2) is 0 Å². The van der Waals surface area contributed by atoms with E-state index in [4.69, 9.17) is 22.1 Å². The molecule has 1 aromatic carbocycles. The molecule has 20 heavy (non-hydrogen) atoms. The zero-order valence-electron chi connectivity index (χ0n) is 11.5. The predicted octanol–water partition coefficient (Wildman–Crippen LogP) is 2.50. The van der Waals surface area contributed by atoms with Crippen molar-refractivity contribution in [3.05, 3.63) is 29.3 Å². The van der Waals surface area contributed by atoms with E-state index in [-0.39, 0.29) is 11.9 Å². The molecule has 0 aliphatic heterocycles. The standard InChI is InChI=1S/C15H21ClN2O2/c16-13-3-1-2-4-14(13)20-10-9-15(19)18-12-7-5-11(17)6-8-12/h1-4,11-12H,5-10,17H2,(H,18,19). The summed E-state index contributed by atoms with van der Waals surface area (Å²) in [6.45, 7) is 0.335. The quantitative estimate of drug-likeness (QED) is 0.877. The van der Waals surface area contributed by atoms with Crippen molar-refractivity contribution < 1.29 is 9.53 Å². The van der Waals surface area contributed by atoms with Gasteiger partial charge in [-0.3, -0.25) is 4.79 Å². The average molecular weight is 297 g/mol. The second kappa shape index (κ2) is 7.50. The van der Waals surface area contributed by atoms with Crippen molar-refractivity contribution in [3.63, 3.8) is 0 Å². The van der Waals surface area contributed by atoms with E-state index in [0.717, 1.165) is 25.7 Å². The molecule has 1 aromatic rings. The molecule has 1 aliphatic rings. The lowest BCUT2D eigenvalue weighted by Gasteiger charge is -2.26. The molecule has 0 unspecified atom stereocenters. The molecule has 110 valence electrons. The fourth-order valence-electron chi connectivity index (χ4n) is 2.38. The largest absolute Gasteiger partial charge is 0.491 e. The molecule has 1 saturated carbocycles. The summed E-state index contributed by atoms with van der Waals surface area (Å²) in [7, 11) is 0. The fourth-order valence-corrected chi connectivity index (χ4v) is 2.57. The Kier molecular flexibility index (Phi) is 5.68. The number of para-hydroxylation sites is 1. The van der Waals surface area contributed by atoms with Crippen LogP contribution in [0.1, 0.15) is 32.1 Å². The minimum absolute atomic E-state index is 0.0255. The molecule has 0 bridgehead atoms. The van der Waals surface area contributed by atoms with Gasteiger partial charge < -0.3 is 15.8 Å². The summed E-state index contributed by atoms with van der Waals surface area (Å²) < 4.78 is 5.50. The molecule has 0 heterocycles. The summed E-state index contributed by atoms with van der Waals surface area (Å²) in [4.78, 5) is 11.8. The van der Waals surface area contributed by atoms with Crippen molar-refractivity contribution in [1.82, 2.24) is 5.32 Å². The smallest absolute Gasteiger partial charge is 0.223 e. The summed E-state index contributed by atoms with van der Waals surface area (Å²) in [6.07, 6.45) is 4.26. The zero-order chi connectivity index (χ0) is 14.4. The number of ether oxygens (including phenoxy) is 1. The predicted molar refractivity (Wildman–Crippen MR) is 79.9 cm³/mol. The van der Waals surface area contributed by atoms with Gasteiger partial charge in [-0.05, 0) is 37.8 Å². The number of amides is 1. The first-order valence-electron chi connectivity index (χ1n) is 7.07. The second-order valence-electron chi connectivity index (χ2n) is 5.21. The number of hydrogen-bond donors (Lipinski definition) is 2. The molecule has 1 amide bonds. The van der Waals surface area contributed by atoms with Crippen molar-refractivity contribution in [2.45, 2.75) is 44.2 Å². The van der Waals surface area contributed by atoms with Gasteiger partial charge in [0.05, 0.1) is 18.1 Å². The molecule has 0 aromatic heterocycles. The van der Waals surface area contributed by atoms with Gasteiger partial charge in [0.25, 0.3) is 0 Å². The van der Waals surface area contributed by atoms with E-state index in [0.29, 0.717) is 29.8 Å². The number of rotatable bonds is 5. The summed E-state index contributed by atoms with van der Waals surface area (Å²) in [5, 5.41) is 3.60. The van der Waals surface area contributed by atoms with Gasteiger partial charge in [-0.1, -0.05) is 23.7 Å². The van der Waals surface area contributed by atoms with Gasteiger partial charge in [0.1, 0.15) is 5.75 Å². The molecule has 2 rings (SSSR count). The van der Waals surface area contributed by atoms with E-state index in [1.165, 1.54) is 0 Å². The van der Waals surface area contributed by atoms with Gasteiger partial charge in [-0.15, -0.1) is 0 Å². The van der Waals surface area contributed by atoms with Crippen LogP contribution in [0.4, 0.5) is 0 Å². The van der Waals surface area contributed by atoms with Crippen LogP contribution in [-0.4, -0.2) is 24.6 Å². The number of hydrogen-bond acceptors (Lipinski definition) is 3. The van der Waals surface area contributed by atoms with Gasteiger partial charge in [-0.2, -0.15) is 0 Å². The van der Waals surface area contributed by atoms with E-state index in [1.54, 1.807) is 12.1 Å². The maximum Gasteiger partial charge on any atom is 0.223 e. The second-order valence-corrected chi connectivity index (χ2v) is 5.62. The lowest BCUT2D eigenvalue weighted by Crippen LogP contribution is -2.40. The number of carbonyl (C=O) groups excluding carboxylic acids is 1. The molecule has 0 spiro atoms. The number of nitrogens with two attached hydrogens (primary N) is 1. The monoisotopic (exact) mass is 296 g/mol. The molecule has 3 N–H and O–H groups in total. The van der Waals surface area contributed by atoms with Gasteiger partial charge in [-0.25, -0.2) is 0 Å². The van der Waals surface area contributed by atoms with Crippen molar-refractivity contribution >= 4 is 17.5 Å². The summed E-state index contributed by atoms with van der Waals surface area (Å²) >= 11 is 5.97. The Bertz CT molecular complexity index is 445. The van der Waals surface area contributed by atoms with Crippen molar-refractivity contribution in [2.75, 3.05) is 6.61 Å². The summed E-state index contributed by atoms with van der Waals surface area (Å²) in [5.74, 6) is 0.642. The third kappa shape index (κ3) is 4.69. The molecule has 5 heteroatoms. The van der Waals surface area contributed by atoms with Crippen LogP contribution in [0, 0.1) is 0 Å². The number of carbonyl (C=O) groups is 1. The first kappa shape index (κ1) is 15.1. The Balaban J connectivity index is 1.67. The fraction of sp³-hybridized carbons (Fsp3) is 0.533. The maximum atomic E-state index is 11.8. The number of nitrogens with one attached hydrogen (secondary N) is 1. The normalized spacial score (nSPS) is 22.3. The summed E-state index contributed by atoms with van der Waals surface area (Å²) in [5.41, 5.74) is 5.84. The molecular weight excluding hydrogens is 276 g/mol. The van der Waals surface area contributed by atoms with Crippen LogP contribution in [0.5, 0.6) is 5.75 Å². The minimum Gasteiger partial charge on any atom is -0.491 e. The highest BCUT2D eigenvalue weighted by atomic mass is 35.5. The number of benzene rings is 1. The average Bonchev–Trinajstić information content (AvgIpc) is 2.43. The van der Waals surface area contributed by atoms with Gasteiger partial charge >= 0.3 is 0 Å². The molecule has 0 saturated heterocycles. The van der Waals surface area contributed by atoms with Crippen LogP contribution < -0.4 is 15.8 Å². The lowest BCUT2D eigenvalue weighted by molar-refractivity contribution is -0.122. The van der Waals surface area contributed by atoms with Crippen molar-refractivity contribution in [1.29, 1.82) is 0 Å². The highest BCUT2D eigenvalue weighted by Gasteiger charge is 2.19. The van der Waals surface area contributed by atoms with Crippen LogP contribution >= 0.6 is 11.6 Å². The van der Waals surface area contributed by atoms with E-state index in [1.807, 2.05) is 12.1 Å². The highest BCUT2D eigenvalue weighted by molar-refractivity contribution is 6.32. The zero-order valence-corrected chi connectivity index (χ0v) is 12.2. The Labute approximate surface area is 124 Å². The van der Waals surface area contributed by atoms with E-state index in [9.17, 15) is 4.79 Å². The molecule has 0 radical (unpaired) electrons. The Hall–Kier alpha value is -1.26. The Morgan fingerprint density at radius 1 is 1.30 bits per heavy atom. The summed E-state index contributed by atoms with van der Waals surface area (Å²) in [6, 6.07) is 7.82. The topological polar surface area (TPSA) is 64.3 Å². The third-order valence-electron chi connectivity index (χ3n) is 3.56. The SMILES string of the molecule is NC1CCC(NC(=O)CCOc2ccccc2Cl)CC1. The highest BCUT2D eigenvalue weighted by Crippen LogP contribution is 2.23. The first-order valence-corrected chi connectivity index (χ1v) is 7.45. The van der Waals surface area contributed by atoms with Crippen LogP contribution in [0.15, 0.2) is 24.3 Å². The van der Waals surface area contributed by atoms with Crippen molar-refractivity contribution in [2.24, 2.45) is 5.73 Å². The van der Waals surface area contributed by atoms with E-state index in [2.05, 4.69) is 5.32 Å². The number of halogens is 1. The minimum atomic E-state index is 0.0255. The van der Waals surface area contributed by atoms with Crippen LogP contribution in [0.3, 0.4) is 0 Å². The van der Waals surface area contributed by atoms with Crippen molar-refractivity contribution in [3.8, 4) is 5.75 Å². The molecule has 0 atom stereocenters. The lowest BCUT2D eigenvalue weighted by atomic mass is 9.92. The van der Waals surface area contributed by atoms with E-state index < -0.39 is 0 Å². The molecular formula is C15H21ClN2O2. The molecule has 4 nitrogen and oxygen atoms in total. The van der Waals surface area contributed by atoms with E-state index >= 15 is 0 Å². The Morgan fingerprint density at radius 2 is 2.00 bits per heavy atom. The molecule has 1 aliphatic carbocycles. The maximum absolute atomic E-state index is 11.8. The van der Waals surface area contributed by atoms with Crippen LogP contribution in [-0.2, 0) is 4.79 Å². The third-order valence-corrected chi connectivity index (χ3v) is 3.87. The Morgan fingerprint density at radius 3 is 2.70 bits per heavy atom. The van der Waals surface area contributed by atoms with Gasteiger partial charge in [0.2, 0.25) is 5.91 Å². The van der Waals surface area contributed by atoms with Crippen LogP contribution in [0.25, 0.3) is 0 Å². The van der Waals surface area contributed by atoms with Crippen LogP contribution in [0.2, 0.25) is 5.02 Å².